The minimum Gasteiger partial charge on any atom is -0.508 e. The van der Waals surface area contributed by atoms with Crippen LogP contribution in [-0.4, -0.2) is 106 Å². The topological polar surface area (TPSA) is 331 Å². The van der Waals surface area contributed by atoms with Crippen molar-refractivity contribution < 1.29 is 48.9 Å². The molecule has 0 unspecified atom stereocenters. The molecule has 5 amide bonds. The van der Waals surface area contributed by atoms with Gasteiger partial charge in [0, 0.05) is 19.9 Å². The third-order valence-corrected chi connectivity index (χ3v) is 7.74. The van der Waals surface area contributed by atoms with E-state index < -0.39 is 78.2 Å². The van der Waals surface area contributed by atoms with E-state index in [1.165, 1.54) is 19.1 Å². The van der Waals surface area contributed by atoms with Crippen LogP contribution in [0.1, 0.15) is 58.1 Å². The third-order valence-electron chi connectivity index (χ3n) is 7.74. The summed E-state index contributed by atoms with van der Waals surface area (Å²) in [4.78, 5) is 89.9. The average molecular weight is 786 g/mol. The van der Waals surface area contributed by atoms with Gasteiger partial charge in [0.15, 0.2) is 5.96 Å². The zero-order valence-corrected chi connectivity index (χ0v) is 32.0. The second-order valence-corrected chi connectivity index (χ2v) is 13.3. The summed E-state index contributed by atoms with van der Waals surface area (Å²) in [6.07, 6.45) is 0.679. The van der Waals surface area contributed by atoms with Crippen molar-refractivity contribution in [1.82, 2.24) is 26.6 Å². The van der Waals surface area contributed by atoms with E-state index in [0.29, 0.717) is 11.1 Å². The van der Waals surface area contributed by atoms with Gasteiger partial charge in [-0.05, 0) is 61.8 Å². The van der Waals surface area contributed by atoms with Crippen LogP contribution >= 0.6 is 0 Å². The van der Waals surface area contributed by atoms with E-state index in [9.17, 15) is 39.0 Å². The van der Waals surface area contributed by atoms with Crippen molar-refractivity contribution in [3.63, 3.8) is 0 Å². The van der Waals surface area contributed by atoms with E-state index in [4.69, 9.17) is 27.1 Å². The lowest BCUT2D eigenvalue weighted by Gasteiger charge is -2.26. The van der Waals surface area contributed by atoms with E-state index in [1.807, 2.05) is 13.8 Å². The summed E-state index contributed by atoms with van der Waals surface area (Å²) in [6.45, 7) is 5.79. The van der Waals surface area contributed by atoms with E-state index >= 15 is 0 Å². The number of nitrogens with zero attached hydrogens (tertiary/aromatic N) is 1. The van der Waals surface area contributed by atoms with Gasteiger partial charge < -0.3 is 59.1 Å². The Hall–Kier alpha value is -6.24. The predicted molar refractivity (Wildman–Crippen MR) is 207 cm³/mol. The molecule has 19 heteroatoms. The van der Waals surface area contributed by atoms with Gasteiger partial charge in [0.05, 0.1) is 12.6 Å². The Morgan fingerprint density at radius 3 is 1.82 bits per heavy atom. The number of hydrogen-bond donors (Lipinski definition) is 11. The highest BCUT2D eigenvalue weighted by Crippen LogP contribution is 2.12. The fraction of sp³-hybridized carbons (Fsp3) is 0.459. The summed E-state index contributed by atoms with van der Waals surface area (Å²) in [7, 11) is 0. The van der Waals surface area contributed by atoms with Gasteiger partial charge in [-0.1, -0.05) is 56.3 Å². The molecule has 2 aromatic carbocycles. The molecule has 0 fully saturated rings. The van der Waals surface area contributed by atoms with Crippen LogP contribution in [0.15, 0.2) is 59.6 Å². The summed E-state index contributed by atoms with van der Waals surface area (Å²) in [5.41, 5.74) is 18.0. The van der Waals surface area contributed by atoms with E-state index in [1.54, 1.807) is 42.5 Å². The standard InChI is InChI=1S/C35H51N9O8.C2H4O2/c1-20(2)16-27(32(49)43-26(34(51)52)10-7-15-39-35(37)38)44-33(50)28(18-22-8-5-4-6-9-22)42-29(46)19-40-30(47)21(3)41-31(48)25(36)17-23-11-13-24(45)14-12-23;1-2(3)4/h4-6,8-9,11-14,20-21,25-28,45H,7,10,15-19,36H2,1-3H3,(H,40,47)(H,41,48)(H,42,46)(H,43,49)(H,44,50)(H,51,52)(H4,37,38,39);1H3,(H,3,4)/t21-,25+,26+,27+,28+;/m1./s1. The minimum atomic E-state index is -1.27. The van der Waals surface area contributed by atoms with Crippen LogP contribution in [0, 0.1) is 5.92 Å². The zero-order valence-electron chi connectivity index (χ0n) is 32.0. The molecule has 0 spiro atoms. The molecule has 5 atom stereocenters. The first-order valence-corrected chi connectivity index (χ1v) is 17.8. The van der Waals surface area contributed by atoms with Crippen molar-refractivity contribution in [3.05, 3.63) is 65.7 Å². The van der Waals surface area contributed by atoms with Crippen LogP contribution in [-0.2, 0) is 46.4 Å². The maximum Gasteiger partial charge on any atom is 0.326 e. The molecule has 0 bridgehead atoms. The lowest BCUT2D eigenvalue weighted by atomic mass is 10.0. The molecule has 0 radical (unpaired) electrons. The molecule has 0 aromatic heterocycles. The Balaban J connectivity index is 0.00000373. The number of carbonyl (C=O) groups is 7. The lowest BCUT2D eigenvalue weighted by molar-refractivity contribution is -0.142. The predicted octanol–water partition coefficient (Wildman–Crippen LogP) is -1.14. The molecule has 19 nitrogen and oxygen atoms in total. The highest BCUT2D eigenvalue weighted by molar-refractivity contribution is 5.95. The molecular formula is C37H55N9O10. The number of aromatic hydroxyl groups is 1. The number of phenolic OH excluding ortho intramolecular Hbond substituents is 1. The van der Waals surface area contributed by atoms with Gasteiger partial charge in [0.2, 0.25) is 29.5 Å². The Labute approximate surface area is 325 Å². The van der Waals surface area contributed by atoms with Gasteiger partial charge in [0.25, 0.3) is 5.97 Å². The van der Waals surface area contributed by atoms with Crippen molar-refractivity contribution in [3.8, 4) is 5.75 Å². The van der Waals surface area contributed by atoms with Crippen LogP contribution in [0.3, 0.4) is 0 Å². The number of benzene rings is 2. The smallest absolute Gasteiger partial charge is 0.326 e. The fourth-order valence-corrected chi connectivity index (χ4v) is 5.00. The molecule has 308 valence electrons. The van der Waals surface area contributed by atoms with Crippen molar-refractivity contribution in [2.45, 2.75) is 90.0 Å². The Morgan fingerprint density at radius 2 is 1.27 bits per heavy atom. The normalized spacial score (nSPS) is 13.2. The van der Waals surface area contributed by atoms with Crippen molar-refractivity contribution >= 4 is 47.4 Å². The van der Waals surface area contributed by atoms with Gasteiger partial charge >= 0.3 is 5.97 Å². The molecule has 0 saturated carbocycles. The minimum absolute atomic E-state index is 0.0352. The second kappa shape index (κ2) is 25.0. The highest BCUT2D eigenvalue weighted by Gasteiger charge is 2.30. The monoisotopic (exact) mass is 785 g/mol. The number of aliphatic carboxylic acids is 2. The number of nitrogens with one attached hydrogen (secondary N) is 5. The maximum atomic E-state index is 13.6. The number of carboxylic acid groups (broad SMARTS) is 2. The largest absolute Gasteiger partial charge is 0.508 e. The Morgan fingerprint density at radius 1 is 0.714 bits per heavy atom. The van der Waals surface area contributed by atoms with Crippen molar-refractivity contribution in [2.75, 3.05) is 13.1 Å². The number of aliphatic imine (C=N–C) groups is 1. The lowest BCUT2D eigenvalue weighted by Crippen LogP contribution is -2.57. The fourth-order valence-electron chi connectivity index (χ4n) is 5.00. The third kappa shape index (κ3) is 20.3. The first kappa shape index (κ1) is 47.8. The quantitative estimate of drug-likeness (QED) is 0.0405. The van der Waals surface area contributed by atoms with Crippen LogP contribution in [0.2, 0.25) is 0 Å². The highest BCUT2D eigenvalue weighted by atomic mass is 16.4. The first-order valence-electron chi connectivity index (χ1n) is 17.8. The molecular weight excluding hydrogens is 730 g/mol. The summed E-state index contributed by atoms with van der Waals surface area (Å²) in [6, 6.07) is 9.37. The summed E-state index contributed by atoms with van der Waals surface area (Å²) in [5, 5.41) is 39.2. The molecule has 0 aliphatic carbocycles. The number of carboxylic acids is 2. The van der Waals surface area contributed by atoms with E-state index in [0.717, 1.165) is 6.92 Å². The average Bonchev–Trinajstić information content (AvgIpc) is 3.11. The van der Waals surface area contributed by atoms with Gasteiger partial charge in [-0.2, -0.15) is 0 Å². The van der Waals surface area contributed by atoms with Gasteiger partial charge in [0.1, 0.15) is 29.9 Å². The number of hydrogen-bond acceptors (Lipinski definition) is 10. The van der Waals surface area contributed by atoms with Crippen molar-refractivity contribution in [1.29, 1.82) is 0 Å². The summed E-state index contributed by atoms with van der Waals surface area (Å²) in [5.74, 6) is -5.66. The number of carbonyl (C=O) groups excluding carboxylic acids is 5. The van der Waals surface area contributed by atoms with Crippen LogP contribution in [0.25, 0.3) is 0 Å². The van der Waals surface area contributed by atoms with Crippen LogP contribution in [0.4, 0.5) is 0 Å². The number of nitrogens with two attached hydrogens (primary N) is 3. The molecule has 0 heterocycles. The molecule has 2 aromatic rings. The first-order chi connectivity index (χ1) is 26.3. The number of amides is 5. The van der Waals surface area contributed by atoms with Crippen molar-refractivity contribution in [2.24, 2.45) is 28.1 Å². The van der Waals surface area contributed by atoms with Gasteiger partial charge in [-0.3, -0.25) is 33.8 Å². The Bertz CT molecular complexity index is 1630. The number of rotatable bonds is 21. The van der Waals surface area contributed by atoms with E-state index in [2.05, 4.69) is 31.6 Å². The maximum absolute atomic E-state index is 13.6. The summed E-state index contributed by atoms with van der Waals surface area (Å²) < 4.78 is 0. The molecule has 2 rings (SSSR count). The molecule has 56 heavy (non-hydrogen) atoms. The molecule has 0 saturated heterocycles. The van der Waals surface area contributed by atoms with Crippen LogP contribution in [0.5, 0.6) is 5.75 Å². The number of guanidine groups is 1. The van der Waals surface area contributed by atoms with E-state index in [-0.39, 0.29) is 56.3 Å². The van der Waals surface area contributed by atoms with Crippen LogP contribution < -0.4 is 43.8 Å². The van der Waals surface area contributed by atoms with Gasteiger partial charge in [-0.15, -0.1) is 0 Å². The summed E-state index contributed by atoms with van der Waals surface area (Å²) >= 11 is 0. The Kier molecular flexibility index (Phi) is 21.3. The molecule has 0 aliphatic heterocycles. The zero-order chi connectivity index (χ0) is 42.4. The van der Waals surface area contributed by atoms with Gasteiger partial charge in [-0.25, -0.2) is 4.79 Å². The second-order valence-electron chi connectivity index (χ2n) is 13.3. The molecule has 0 aliphatic rings. The SMILES string of the molecule is CC(=O)O.CC(C)C[C@H](NC(=O)[C@H](Cc1ccccc1)NC(=O)CNC(=O)[C@@H](C)NC(=O)[C@@H](N)Cc1ccc(O)cc1)C(=O)N[C@@H](CCCN=C(N)N)C(=O)O. The molecule has 14 N–H and O–H groups in total. The number of phenols is 1.